The molecule has 0 radical (unpaired) electrons. The van der Waals surface area contributed by atoms with Crippen LogP contribution >= 0.6 is 11.8 Å². The Bertz CT molecular complexity index is 680. The highest BCUT2D eigenvalue weighted by Crippen LogP contribution is 2.26. The number of hydrogen-bond acceptors (Lipinski definition) is 4. The van der Waals surface area contributed by atoms with Gasteiger partial charge in [-0.25, -0.2) is 4.98 Å². The van der Waals surface area contributed by atoms with E-state index < -0.39 is 0 Å². The molecule has 23 heavy (non-hydrogen) atoms. The third-order valence-electron chi connectivity index (χ3n) is 4.28. The molecule has 0 bridgehead atoms. The van der Waals surface area contributed by atoms with E-state index in [9.17, 15) is 4.79 Å². The molecule has 1 aromatic carbocycles. The number of aromatic nitrogens is 2. The van der Waals surface area contributed by atoms with Crippen LogP contribution in [0.4, 0.5) is 0 Å². The fourth-order valence-corrected chi connectivity index (χ4v) is 3.76. The zero-order valence-corrected chi connectivity index (χ0v) is 14.4. The number of carbonyl (C=O) groups excluding carboxylic acids is 1. The third kappa shape index (κ3) is 3.99. The minimum Gasteiger partial charge on any atom is -0.497 e. The van der Waals surface area contributed by atoms with Crippen molar-refractivity contribution in [2.45, 2.75) is 55.5 Å². The number of nitrogens with one attached hydrogen (secondary N) is 2. The van der Waals surface area contributed by atoms with E-state index in [1.807, 2.05) is 25.1 Å². The molecule has 1 aromatic heterocycles. The standard InChI is InChI=1S/C17H23N3O2S/c1-11(16(21)18-12-6-4-3-5-7-12)23-17-19-14-9-8-13(22-2)10-15(14)20-17/h8-12H,3-7H2,1-2H3,(H,18,21)(H,19,20)/t11-/m0/s1. The fraction of sp³-hybridized carbons (Fsp3) is 0.529. The van der Waals surface area contributed by atoms with Gasteiger partial charge < -0.3 is 15.0 Å². The number of ether oxygens (including phenoxy) is 1. The summed E-state index contributed by atoms with van der Waals surface area (Å²) in [6.45, 7) is 1.93. The first-order valence-electron chi connectivity index (χ1n) is 8.16. The largest absolute Gasteiger partial charge is 0.497 e. The first kappa shape index (κ1) is 16.2. The van der Waals surface area contributed by atoms with Gasteiger partial charge in [0.15, 0.2) is 5.16 Å². The normalized spacial score (nSPS) is 17.1. The Morgan fingerprint density at radius 3 is 2.91 bits per heavy atom. The van der Waals surface area contributed by atoms with Crippen molar-refractivity contribution < 1.29 is 9.53 Å². The lowest BCUT2D eigenvalue weighted by Gasteiger charge is -2.24. The zero-order chi connectivity index (χ0) is 16.2. The Morgan fingerprint density at radius 2 is 2.17 bits per heavy atom. The van der Waals surface area contributed by atoms with Crippen LogP contribution in [0.3, 0.4) is 0 Å². The molecule has 2 N–H and O–H groups in total. The van der Waals surface area contributed by atoms with Gasteiger partial charge in [-0.15, -0.1) is 0 Å². The summed E-state index contributed by atoms with van der Waals surface area (Å²) in [7, 11) is 1.64. The maximum absolute atomic E-state index is 12.3. The van der Waals surface area contributed by atoms with Crippen molar-refractivity contribution in [3.63, 3.8) is 0 Å². The van der Waals surface area contributed by atoms with Crippen molar-refractivity contribution in [2.24, 2.45) is 0 Å². The van der Waals surface area contributed by atoms with Gasteiger partial charge in [0.1, 0.15) is 5.75 Å². The van der Waals surface area contributed by atoms with Crippen LogP contribution in [-0.4, -0.2) is 34.3 Å². The van der Waals surface area contributed by atoms with Gasteiger partial charge >= 0.3 is 0 Å². The number of methoxy groups -OCH3 is 1. The van der Waals surface area contributed by atoms with Gasteiger partial charge in [-0.3, -0.25) is 4.79 Å². The van der Waals surface area contributed by atoms with Gasteiger partial charge in [-0.1, -0.05) is 31.0 Å². The number of carbonyl (C=O) groups is 1. The molecule has 6 heteroatoms. The van der Waals surface area contributed by atoms with Crippen molar-refractivity contribution in [1.82, 2.24) is 15.3 Å². The maximum Gasteiger partial charge on any atom is 0.233 e. The lowest BCUT2D eigenvalue weighted by Crippen LogP contribution is -2.40. The molecule has 0 saturated heterocycles. The van der Waals surface area contributed by atoms with Crippen LogP contribution in [0.25, 0.3) is 11.0 Å². The summed E-state index contributed by atoms with van der Waals surface area (Å²) in [6.07, 6.45) is 5.94. The number of H-pyrrole nitrogens is 1. The van der Waals surface area contributed by atoms with Crippen LogP contribution in [0.2, 0.25) is 0 Å². The van der Waals surface area contributed by atoms with E-state index in [0.717, 1.165) is 34.8 Å². The lowest BCUT2D eigenvalue weighted by molar-refractivity contribution is -0.121. The number of thioether (sulfide) groups is 1. The van der Waals surface area contributed by atoms with Crippen molar-refractivity contribution >= 4 is 28.7 Å². The van der Waals surface area contributed by atoms with Gasteiger partial charge in [0.25, 0.3) is 0 Å². The van der Waals surface area contributed by atoms with Crippen molar-refractivity contribution in [3.8, 4) is 5.75 Å². The Morgan fingerprint density at radius 1 is 1.39 bits per heavy atom. The molecule has 1 aliphatic carbocycles. The summed E-state index contributed by atoms with van der Waals surface area (Å²) in [5, 5.41) is 3.77. The number of nitrogens with zero attached hydrogens (tertiary/aromatic N) is 1. The molecule has 0 unspecified atom stereocenters. The second kappa shape index (κ2) is 7.25. The van der Waals surface area contributed by atoms with Crippen molar-refractivity contribution in [1.29, 1.82) is 0 Å². The van der Waals surface area contributed by atoms with E-state index >= 15 is 0 Å². The van der Waals surface area contributed by atoms with E-state index in [0.29, 0.717) is 6.04 Å². The van der Waals surface area contributed by atoms with Crippen LogP contribution in [0.1, 0.15) is 39.0 Å². The summed E-state index contributed by atoms with van der Waals surface area (Å²) in [6, 6.07) is 6.07. The van der Waals surface area contributed by atoms with Gasteiger partial charge in [0, 0.05) is 12.1 Å². The Hall–Kier alpha value is -1.69. The molecule has 0 aliphatic heterocycles. The lowest BCUT2D eigenvalue weighted by atomic mass is 9.95. The highest BCUT2D eigenvalue weighted by Gasteiger charge is 2.21. The molecule has 1 amide bonds. The summed E-state index contributed by atoms with van der Waals surface area (Å²) < 4.78 is 5.22. The third-order valence-corrected chi connectivity index (χ3v) is 5.26. The molecule has 124 valence electrons. The zero-order valence-electron chi connectivity index (χ0n) is 13.6. The SMILES string of the molecule is COc1ccc2nc(S[C@@H](C)C(=O)NC3CCCCC3)[nH]c2c1. The second-order valence-electron chi connectivity index (χ2n) is 6.03. The maximum atomic E-state index is 12.3. The average molecular weight is 333 g/mol. The molecule has 1 heterocycles. The van der Waals surface area contributed by atoms with Crippen LogP contribution in [-0.2, 0) is 4.79 Å². The van der Waals surface area contributed by atoms with Crippen molar-refractivity contribution in [2.75, 3.05) is 7.11 Å². The van der Waals surface area contributed by atoms with E-state index in [-0.39, 0.29) is 11.2 Å². The van der Waals surface area contributed by atoms with Gasteiger partial charge in [-0.2, -0.15) is 0 Å². The monoisotopic (exact) mass is 333 g/mol. The number of benzene rings is 1. The first-order valence-corrected chi connectivity index (χ1v) is 9.04. The minimum absolute atomic E-state index is 0.0972. The summed E-state index contributed by atoms with van der Waals surface area (Å²) >= 11 is 1.46. The topological polar surface area (TPSA) is 67.0 Å². The van der Waals surface area contributed by atoms with Gasteiger partial charge in [0.05, 0.1) is 23.4 Å². The average Bonchev–Trinajstić information content (AvgIpc) is 2.96. The molecule has 5 nitrogen and oxygen atoms in total. The van der Waals surface area contributed by atoms with Crippen LogP contribution in [0.5, 0.6) is 5.75 Å². The molecule has 1 fully saturated rings. The van der Waals surface area contributed by atoms with E-state index in [4.69, 9.17) is 4.74 Å². The summed E-state index contributed by atoms with van der Waals surface area (Å²) in [4.78, 5) is 20.1. The van der Waals surface area contributed by atoms with Crippen LogP contribution < -0.4 is 10.1 Å². The van der Waals surface area contributed by atoms with E-state index in [2.05, 4.69) is 15.3 Å². The fourth-order valence-electron chi connectivity index (χ4n) is 2.93. The number of aromatic amines is 1. The number of rotatable bonds is 5. The van der Waals surface area contributed by atoms with Crippen LogP contribution in [0.15, 0.2) is 23.4 Å². The molecule has 2 aromatic rings. The number of amides is 1. The molecule has 1 saturated carbocycles. The molecular formula is C17H23N3O2S. The highest BCUT2D eigenvalue weighted by molar-refractivity contribution is 8.00. The number of hydrogen-bond donors (Lipinski definition) is 2. The summed E-state index contributed by atoms with van der Waals surface area (Å²) in [5.41, 5.74) is 1.81. The Kier molecular flexibility index (Phi) is 5.10. The molecule has 3 rings (SSSR count). The minimum atomic E-state index is -0.167. The molecule has 1 aliphatic rings. The first-order chi connectivity index (χ1) is 11.2. The predicted octanol–water partition coefficient (Wildman–Crippen LogP) is 3.50. The quantitative estimate of drug-likeness (QED) is 0.822. The summed E-state index contributed by atoms with van der Waals surface area (Å²) in [5.74, 6) is 0.890. The van der Waals surface area contributed by atoms with Crippen LogP contribution in [0, 0.1) is 0 Å². The van der Waals surface area contributed by atoms with Crippen molar-refractivity contribution in [3.05, 3.63) is 18.2 Å². The smallest absolute Gasteiger partial charge is 0.233 e. The number of imidazole rings is 1. The highest BCUT2D eigenvalue weighted by atomic mass is 32.2. The number of fused-ring (bicyclic) bond motifs is 1. The predicted molar refractivity (Wildman–Crippen MR) is 93.0 cm³/mol. The van der Waals surface area contributed by atoms with E-state index in [1.165, 1.54) is 31.0 Å². The Labute approximate surface area is 140 Å². The molecule has 0 spiro atoms. The molecular weight excluding hydrogens is 310 g/mol. The van der Waals surface area contributed by atoms with E-state index in [1.54, 1.807) is 7.11 Å². The van der Waals surface area contributed by atoms with Gasteiger partial charge in [-0.05, 0) is 31.9 Å². The second-order valence-corrected chi connectivity index (χ2v) is 7.36. The Balaban J connectivity index is 1.62. The molecule has 1 atom stereocenters. The van der Waals surface area contributed by atoms with Gasteiger partial charge in [0.2, 0.25) is 5.91 Å².